The van der Waals surface area contributed by atoms with Crippen molar-refractivity contribution in [2.75, 3.05) is 26.2 Å². The predicted octanol–water partition coefficient (Wildman–Crippen LogP) is 1.77. The molecule has 6 nitrogen and oxygen atoms in total. The smallest absolute Gasteiger partial charge is 0.243 e. The van der Waals surface area contributed by atoms with Crippen molar-refractivity contribution in [2.45, 2.75) is 50.5 Å². The lowest BCUT2D eigenvalue weighted by atomic mass is 9.99. The number of carbonyl (C=O) groups excluding carboxylic acids is 1. The molecule has 1 aromatic rings. The van der Waals surface area contributed by atoms with Crippen molar-refractivity contribution in [1.29, 1.82) is 0 Å². The van der Waals surface area contributed by atoms with E-state index in [9.17, 15) is 13.2 Å². The van der Waals surface area contributed by atoms with E-state index in [2.05, 4.69) is 13.8 Å². The van der Waals surface area contributed by atoms with Gasteiger partial charge in [0.1, 0.15) is 0 Å². The van der Waals surface area contributed by atoms with E-state index in [4.69, 9.17) is 5.73 Å². The van der Waals surface area contributed by atoms with Crippen LogP contribution in [0.3, 0.4) is 0 Å². The van der Waals surface area contributed by atoms with E-state index in [1.54, 1.807) is 30.9 Å². The summed E-state index contributed by atoms with van der Waals surface area (Å²) >= 11 is 0. The molecule has 0 aliphatic carbocycles. The van der Waals surface area contributed by atoms with Crippen molar-refractivity contribution in [3.63, 3.8) is 0 Å². The second-order valence-corrected chi connectivity index (χ2v) is 9.23. The van der Waals surface area contributed by atoms with E-state index >= 15 is 0 Å². The van der Waals surface area contributed by atoms with Crippen molar-refractivity contribution in [2.24, 2.45) is 5.73 Å². The zero-order valence-corrected chi connectivity index (χ0v) is 16.3. The molecule has 0 spiro atoms. The Balaban J connectivity index is 2.08. The van der Waals surface area contributed by atoms with Crippen LogP contribution in [0.5, 0.6) is 0 Å². The number of sulfonamides is 1. The van der Waals surface area contributed by atoms with E-state index in [-0.39, 0.29) is 19.0 Å². The maximum absolute atomic E-state index is 12.8. The Labute approximate surface area is 151 Å². The van der Waals surface area contributed by atoms with Gasteiger partial charge in [-0.2, -0.15) is 4.31 Å². The number of amides is 1. The Bertz CT molecular complexity index is 700. The number of nitrogens with two attached hydrogens (primary N) is 1. The first-order chi connectivity index (χ1) is 11.6. The third kappa shape index (κ3) is 4.40. The number of hydrogen-bond donors (Lipinski definition) is 1. The van der Waals surface area contributed by atoms with Crippen LogP contribution in [0.1, 0.15) is 45.6 Å². The first-order valence-electron chi connectivity index (χ1n) is 8.75. The van der Waals surface area contributed by atoms with Gasteiger partial charge in [-0.1, -0.05) is 26.0 Å². The van der Waals surface area contributed by atoms with Gasteiger partial charge in [0.15, 0.2) is 0 Å². The minimum Gasteiger partial charge on any atom is -0.338 e. The van der Waals surface area contributed by atoms with Gasteiger partial charge in [0.25, 0.3) is 0 Å². The Morgan fingerprint density at radius 3 is 2.12 bits per heavy atom. The van der Waals surface area contributed by atoms with Crippen LogP contribution in [0.15, 0.2) is 29.2 Å². The molecule has 0 radical (unpaired) electrons. The minimum atomic E-state index is -3.53. The Hall–Kier alpha value is -1.44. The summed E-state index contributed by atoms with van der Waals surface area (Å²) in [5, 5.41) is 0. The van der Waals surface area contributed by atoms with Crippen LogP contribution >= 0.6 is 0 Å². The standard InChI is InChI=1S/C18H29N3O3S/c1-5-14(2)15-6-8-16(9-7-15)25(23,24)21-12-10-20(11-13-21)17(22)18(3,4)19/h6-9,14H,5,10-13,19H2,1-4H3. The molecule has 2 N–H and O–H groups in total. The lowest BCUT2D eigenvalue weighted by molar-refractivity contribution is -0.137. The summed E-state index contributed by atoms with van der Waals surface area (Å²) in [5.41, 5.74) is 6.05. The van der Waals surface area contributed by atoms with Gasteiger partial charge in [-0.25, -0.2) is 8.42 Å². The van der Waals surface area contributed by atoms with Gasteiger partial charge in [-0.05, 0) is 43.9 Å². The second kappa shape index (κ2) is 7.43. The highest BCUT2D eigenvalue weighted by molar-refractivity contribution is 7.89. The van der Waals surface area contributed by atoms with Gasteiger partial charge in [0, 0.05) is 26.2 Å². The van der Waals surface area contributed by atoms with Gasteiger partial charge in [-0.3, -0.25) is 4.79 Å². The third-order valence-electron chi connectivity index (χ3n) is 4.78. The second-order valence-electron chi connectivity index (χ2n) is 7.30. The molecule has 1 heterocycles. The quantitative estimate of drug-likeness (QED) is 0.860. The molecule has 25 heavy (non-hydrogen) atoms. The van der Waals surface area contributed by atoms with Crippen LogP contribution in [0.2, 0.25) is 0 Å². The van der Waals surface area contributed by atoms with Crippen molar-refractivity contribution in [3.8, 4) is 0 Å². The fraction of sp³-hybridized carbons (Fsp3) is 0.611. The van der Waals surface area contributed by atoms with Crippen LogP contribution in [0.4, 0.5) is 0 Å². The highest BCUT2D eigenvalue weighted by Gasteiger charge is 2.34. The number of hydrogen-bond acceptors (Lipinski definition) is 4. The van der Waals surface area contributed by atoms with E-state index in [0.29, 0.717) is 23.9 Å². The molecule has 0 aromatic heterocycles. The summed E-state index contributed by atoms with van der Waals surface area (Å²) in [4.78, 5) is 14.1. The number of piperazine rings is 1. The zero-order valence-electron chi connectivity index (χ0n) is 15.5. The maximum atomic E-state index is 12.8. The molecule has 1 fully saturated rings. The number of carbonyl (C=O) groups is 1. The molecular formula is C18H29N3O3S. The average molecular weight is 368 g/mol. The molecule has 1 aromatic carbocycles. The van der Waals surface area contributed by atoms with Crippen LogP contribution in [-0.2, 0) is 14.8 Å². The minimum absolute atomic E-state index is 0.151. The third-order valence-corrected chi connectivity index (χ3v) is 6.69. The van der Waals surface area contributed by atoms with Crippen LogP contribution in [-0.4, -0.2) is 55.2 Å². The molecule has 1 amide bonds. The topological polar surface area (TPSA) is 83.7 Å². The lowest BCUT2D eigenvalue weighted by Crippen LogP contribution is -2.57. The number of rotatable bonds is 5. The summed E-state index contributed by atoms with van der Waals surface area (Å²) in [5.74, 6) is 0.258. The molecule has 1 atom stereocenters. The molecule has 1 unspecified atom stereocenters. The van der Waals surface area contributed by atoms with Gasteiger partial charge in [0.05, 0.1) is 10.4 Å². The predicted molar refractivity (Wildman–Crippen MR) is 98.8 cm³/mol. The van der Waals surface area contributed by atoms with Crippen molar-refractivity contribution < 1.29 is 13.2 Å². The largest absolute Gasteiger partial charge is 0.338 e. The average Bonchev–Trinajstić information content (AvgIpc) is 2.59. The van der Waals surface area contributed by atoms with Gasteiger partial charge < -0.3 is 10.6 Å². The number of nitrogens with zero attached hydrogens (tertiary/aromatic N) is 2. The zero-order chi connectivity index (χ0) is 18.8. The van der Waals surface area contributed by atoms with Crippen molar-refractivity contribution in [1.82, 2.24) is 9.21 Å². The molecular weight excluding hydrogens is 338 g/mol. The van der Waals surface area contributed by atoms with Crippen LogP contribution < -0.4 is 5.73 Å². The van der Waals surface area contributed by atoms with Crippen LogP contribution in [0.25, 0.3) is 0 Å². The van der Waals surface area contributed by atoms with Crippen molar-refractivity contribution in [3.05, 3.63) is 29.8 Å². The molecule has 0 bridgehead atoms. The molecule has 1 aliphatic heterocycles. The first kappa shape index (κ1) is 19.9. The molecule has 1 aliphatic rings. The Morgan fingerprint density at radius 1 is 1.16 bits per heavy atom. The van der Waals surface area contributed by atoms with E-state index < -0.39 is 15.6 Å². The highest BCUT2D eigenvalue weighted by Crippen LogP contribution is 2.23. The monoisotopic (exact) mass is 367 g/mol. The molecule has 1 saturated heterocycles. The SMILES string of the molecule is CCC(C)c1ccc(S(=O)(=O)N2CCN(C(=O)C(C)(C)N)CC2)cc1. The Kier molecular flexibility index (Phi) is 5.91. The van der Waals surface area contributed by atoms with Gasteiger partial charge in [-0.15, -0.1) is 0 Å². The fourth-order valence-electron chi connectivity index (χ4n) is 2.89. The summed E-state index contributed by atoms with van der Waals surface area (Å²) < 4.78 is 27.1. The van der Waals surface area contributed by atoms with Gasteiger partial charge >= 0.3 is 0 Å². The highest BCUT2D eigenvalue weighted by atomic mass is 32.2. The molecule has 140 valence electrons. The first-order valence-corrected chi connectivity index (χ1v) is 10.2. The molecule has 0 saturated carbocycles. The maximum Gasteiger partial charge on any atom is 0.243 e. The van der Waals surface area contributed by atoms with E-state index in [0.717, 1.165) is 12.0 Å². The number of benzene rings is 1. The molecule has 7 heteroatoms. The van der Waals surface area contributed by atoms with E-state index in [1.165, 1.54) is 4.31 Å². The summed E-state index contributed by atoms with van der Waals surface area (Å²) in [6, 6.07) is 7.13. The normalized spacial score (nSPS) is 18.2. The lowest BCUT2D eigenvalue weighted by Gasteiger charge is -2.36. The van der Waals surface area contributed by atoms with Crippen molar-refractivity contribution >= 4 is 15.9 Å². The summed E-state index contributed by atoms with van der Waals surface area (Å²) in [6.07, 6.45) is 1.01. The summed E-state index contributed by atoms with van der Waals surface area (Å²) in [7, 11) is -3.53. The van der Waals surface area contributed by atoms with E-state index in [1.807, 2.05) is 12.1 Å². The molecule has 2 rings (SSSR count). The fourth-order valence-corrected chi connectivity index (χ4v) is 4.31. The summed E-state index contributed by atoms with van der Waals surface area (Å²) in [6.45, 7) is 8.87. The van der Waals surface area contributed by atoms with Gasteiger partial charge in [0.2, 0.25) is 15.9 Å². The van der Waals surface area contributed by atoms with Crippen LogP contribution in [0, 0.1) is 0 Å². The Morgan fingerprint density at radius 2 is 1.68 bits per heavy atom.